The highest BCUT2D eigenvalue weighted by Gasteiger charge is 2.36. The number of alkyl halides is 3. The first-order valence-electron chi connectivity index (χ1n) is 6.50. The summed E-state index contributed by atoms with van der Waals surface area (Å²) >= 11 is 0. The molecule has 0 aromatic carbocycles. The largest absolute Gasteiger partial charge is 0.451 e. The van der Waals surface area contributed by atoms with Crippen molar-refractivity contribution in [3.63, 3.8) is 0 Å². The molecule has 0 aliphatic carbocycles. The van der Waals surface area contributed by atoms with E-state index in [0.717, 1.165) is 6.21 Å². The van der Waals surface area contributed by atoms with Gasteiger partial charge in [-0.1, -0.05) is 0 Å². The molecule has 0 saturated carbocycles. The van der Waals surface area contributed by atoms with Gasteiger partial charge in [-0.25, -0.2) is 9.79 Å². The van der Waals surface area contributed by atoms with Crippen molar-refractivity contribution >= 4 is 18.1 Å². The molecule has 0 spiro atoms. The highest BCUT2D eigenvalue weighted by molar-refractivity contribution is 5.93. The quantitative estimate of drug-likeness (QED) is 0.642. The Kier molecular flexibility index (Phi) is 6.85. The lowest BCUT2D eigenvalue weighted by molar-refractivity contribution is -0.0600. The number of nitrogens with zero attached hydrogens (tertiary/aromatic N) is 2. The van der Waals surface area contributed by atoms with Gasteiger partial charge in [0.25, 0.3) is 0 Å². The lowest BCUT2D eigenvalue weighted by atomic mass is 10.2. The van der Waals surface area contributed by atoms with Crippen LogP contribution in [0.5, 0.6) is 0 Å². The second-order valence-electron chi connectivity index (χ2n) is 5.51. The van der Waals surface area contributed by atoms with Crippen molar-refractivity contribution < 1.29 is 22.7 Å². The molecule has 2 atom stereocenters. The summed E-state index contributed by atoms with van der Waals surface area (Å²) in [7, 11) is 0. The van der Waals surface area contributed by atoms with Crippen LogP contribution in [0.3, 0.4) is 0 Å². The molecule has 21 heavy (non-hydrogen) atoms. The van der Waals surface area contributed by atoms with E-state index in [2.05, 4.69) is 15.3 Å². The molecule has 0 saturated heterocycles. The Bertz CT molecular complexity index is 412. The van der Waals surface area contributed by atoms with Gasteiger partial charge in [-0.05, 0) is 41.5 Å². The van der Waals surface area contributed by atoms with Crippen molar-refractivity contribution in [3.05, 3.63) is 0 Å². The van der Waals surface area contributed by atoms with Crippen LogP contribution in [-0.2, 0) is 4.74 Å². The van der Waals surface area contributed by atoms with Crippen LogP contribution in [0.2, 0.25) is 0 Å². The number of hydrogen-bond acceptors (Lipinski definition) is 3. The van der Waals surface area contributed by atoms with Crippen LogP contribution in [0.4, 0.5) is 18.0 Å². The Morgan fingerprint density at radius 1 is 1.24 bits per heavy atom. The summed E-state index contributed by atoms with van der Waals surface area (Å²) in [6.45, 7) is 9.44. The van der Waals surface area contributed by atoms with Gasteiger partial charge in [0.1, 0.15) is 5.60 Å². The van der Waals surface area contributed by atoms with Gasteiger partial charge < -0.3 is 10.1 Å². The minimum Gasteiger partial charge on any atom is -0.444 e. The van der Waals surface area contributed by atoms with Crippen LogP contribution in [0, 0.1) is 0 Å². The second-order valence-corrected chi connectivity index (χ2v) is 5.51. The summed E-state index contributed by atoms with van der Waals surface area (Å²) < 4.78 is 43.0. The number of rotatable bonds is 3. The molecule has 8 heteroatoms. The van der Waals surface area contributed by atoms with E-state index in [0.29, 0.717) is 0 Å². The Morgan fingerprint density at radius 2 is 1.76 bits per heavy atom. The van der Waals surface area contributed by atoms with E-state index in [-0.39, 0.29) is 0 Å². The number of carbonyl (C=O) groups is 1. The van der Waals surface area contributed by atoms with Crippen molar-refractivity contribution in [1.29, 1.82) is 0 Å². The first-order chi connectivity index (χ1) is 9.36. The van der Waals surface area contributed by atoms with E-state index in [1.165, 1.54) is 13.8 Å². The molecule has 0 heterocycles. The minimum atomic E-state index is -4.63. The molecule has 0 radical (unpaired) electrons. The summed E-state index contributed by atoms with van der Waals surface area (Å²) in [4.78, 5) is 18.3. The van der Waals surface area contributed by atoms with Crippen LogP contribution in [0.25, 0.3) is 0 Å². The molecule has 1 N–H and O–H groups in total. The molecular weight excluding hydrogens is 287 g/mol. The van der Waals surface area contributed by atoms with Gasteiger partial charge in [0.2, 0.25) is 5.84 Å². The van der Waals surface area contributed by atoms with Crippen LogP contribution >= 0.6 is 0 Å². The molecular formula is C13H22F3N3O2. The molecule has 122 valence electrons. The summed E-state index contributed by atoms with van der Waals surface area (Å²) in [6.07, 6.45) is -4.32. The Hall–Kier alpha value is -1.60. The highest BCUT2D eigenvalue weighted by atomic mass is 19.4. The van der Waals surface area contributed by atoms with Crippen molar-refractivity contribution in [3.8, 4) is 0 Å². The van der Waals surface area contributed by atoms with E-state index in [1.54, 1.807) is 27.7 Å². The summed E-state index contributed by atoms with van der Waals surface area (Å²) in [5, 5.41) is 2.45. The third kappa shape index (κ3) is 8.31. The van der Waals surface area contributed by atoms with E-state index >= 15 is 0 Å². The molecule has 0 fully saturated rings. The van der Waals surface area contributed by atoms with Crippen molar-refractivity contribution in [2.75, 3.05) is 0 Å². The Balaban J connectivity index is 4.84. The fraction of sp³-hybridized carbons (Fsp3) is 0.769. The number of nitrogens with one attached hydrogen (secondary N) is 1. The molecule has 1 amide bonds. The predicted molar refractivity (Wildman–Crippen MR) is 75.9 cm³/mol. The number of aliphatic imine (C=N–C) groups is 2. The fourth-order valence-corrected chi connectivity index (χ4v) is 1.22. The molecule has 0 aliphatic rings. The number of amides is 1. The van der Waals surface area contributed by atoms with E-state index < -0.39 is 35.8 Å². The summed E-state index contributed by atoms with van der Waals surface area (Å²) in [5.41, 5.74) is -0.681. The monoisotopic (exact) mass is 309 g/mol. The van der Waals surface area contributed by atoms with Gasteiger partial charge in [-0.2, -0.15) is 13.2 Å². The normalized spacial score (nSPS) is 16.7. The number of carbonyl (C=O) groups excluding carboxylic acids is 1. The molecule has 0 bridgehead atoms. The summed E-state index contributed by atoms with van der Waals surface area (Å²) in [6, 6.07) is -1.44. The first-order valence-corrected chi connectivity index (χ1v) is 6.50. The molecule has 5 nitrogen and oxygen atoms in total. The van der Waals surface area contributed by atoms with Crippen molar-refractivity contribution in [2.24, 2.45) is 9.98 Å². The molecule has 1 unspecified atom stereocenters. The number of halogens is 3. The number of ether oxygens (including phenoxy) is 1. The number of hydrogen-bond donors (Lipinski definition) is 1. The average Bonchev–Trinajstić information content (AvgIpc) is 2.23. The van der Waals surface area contributed by atoms with Crippen molar-refractivity contribution in [1.82, 2.24) is 5.32 Å². The van der Waals surface area contributed by atoms with Crippen molar-refractivity contribution in [2.45, 2.75) is 65.4 Å². The third-order valence-corrected chi connectivity index (χ3v) is 2.30. The molecule has 0 aliphatic heterocycles. The zero-order chi connectivity index (χ0) is 16.8. The second kappa shape index (κ2) is 7.42. The smallest absolute Gasteiger partial charge is 0.444 e. The van der Waals surface area contributed by atoms with Crippen LogP contribution < -0.4 is 5.32 Å². The maximum atomic E-state index is 12.7. The topological polar surface area (TPSA) is 63.0 Å². The van der Waals surface area contributed by atoms with Gasteiger partial charge in [0.05, 0.1) is 12.1 Å². The SMILES string of the molecule is C/C=N\C(=N/C(C)[C@H](C)NC(=O)OC(C)(C)C)C(F)(F)F. The van der Waals surface area contributed by atoms with E-state index in [9.17, 15) is 18.0 Å². The maximum absolute atomic E-state index is 12.7. The third-order valence-electron chi connectivity index (χ3n) is 2.30. The highest BCUT2D eigenvalue weighted by Crippen LogP contribution is 2.19. The van der Waals surface area contributed by atoms with E-state index in [4.69, 9.17) is 4.74 Å². The Morgan fingerprint density at radius 3 is 2.14 bits per heavy atom. The molecule has 0 rings (SSSR count). The lowest BCUT2D eigenvalue weighted by Gasteiger charge is -2.23. The zero-order valence-corrected chi connectivity index (χ0v) is 13.1. The lowest BCUT2D eigenvalue weighted by Crippen LogP contribution is -2.42. The predicted octanol–water partition coefficient (Wildman–Crippen LogP) is 3.34. The van der Waals surface area contributed by atoms with Gasteiger partial charge in [0, 0.05) is 6.21 Å². The number of alkyl carbamates (subject to hydrolysis) is 1. The molecule has 0 aromatic heterocycles. The number of amidine groups is 1. The average molecular weight is 309 g/mol. The van der Waals surface area contributed by atoms with Gasteiger partial charge in [-0.15, -0.1) is 0 Å². The zero-order valence-electron chi connectivity index (χ0n) is 13.1. The standard InChI is InChI=1S/C13H22F3N3O2/c1-7-17-10(13(14,15)16)18-8(2)9(3)19-11(20)21-12(4,5)6/h7-9H,1-6H3,(H,19,20)/b17-7-,18-10-/t8?,9-/m0/s1. The van der Waals surface area contributed by atoms with Gasteiger partial charge in [0.15, 0.2) is 0 Å². The van der Waals surface area contributed by atoms with Crippen LogP contribution in [0.1, 0.15) is 41.5 Å². The van der Waals surface area contributed by atoms with Gasteiger partial charge >= 0.3 is 12.3 Å². The fourth-order valence-electron chi connectivity index (χ4n) is 1.22. The van der Waals surface area contributed by atoms with Crippen LogP contribution in [0.15, 0.2) is 9.98 Å². The van der Waals surface area contributed by atoms with Crippen LogP contribution in [-0.4, -0.2) is 42.0 Å². The minimum absolute atomic E-state index is 0.635. The Labute approximate surface area is 122 Å². The summed E-state index contributed by atoms with van der Waals surface area (Å²) in [5.74, 6) is -1.23. The van der Waals surface area contributed by atoms with Gasteiger partial charge in [-0.3, -0.25) is 4.99 Å². The molecule has 0 aromatic rings. The van der Waals surface area contributed by atoms with E-state index in [1.807, 2.05) is 0 Å². The maximum Gasteiger partial charge on any atom is 0.451 e. The first kappa shape index (κ1) is 19.4.